The molecule has 0 bridgehead atoms. The molecule has 13 heavy (non-hydrogen) atoms. The van der Waals surface area contributed by atoms with Crippen LogP contribution >= 0.6 is 22.7 Å². The maximum Gasteiger partial charge on any atom is 0.128 e. The van der Waals surface area contributed by atoms with Gasteiger partial charge in [-0.1, -0.05) is 0 Å². The van der Waals surface area contributed by atoms with Gasteiger partial charge >= 0.3 is 0 Å². The fourth-order valence-electron chi connectivity index (χ4n) is 0.951. The minimum absolute atomic E-state index is 0.552. The van der Waals surface area contributed by atoms with Gasteiger partial charge in [-0.2, -0.15) is 5.26 Å². The summed E-state index contributed by atoms with van der Waals surface area (Å²) in [7, 11) is 0. The summed E-state index contributed by atoms with van der Waals surface area (Å²) in [5.41, 5.74) is 7.94. The van der Waals surface area contributed by atoms with Crippen LogP contribution in [0.25, 0.3) is 9.75 Å². The van der Waals surface area contributed by atoms with Gasteiger partial charge in [0, 0.05) is 11.1 Å². The van der Waals surface area contributed by atoms with Gasteiger partial charge in [-0.15, -0.1) is 22.7 Å². The summed E-state index contributed by atoms with van der Waals surface area (Å²) >= 11 is 2.94. The molecular weight excluding hydrogens is 202 g/mol. The van der Waals surface area contributed by atoms with E-state index in [-0.39, 0.29) is 0 Å². The number of nitriles is 1. The van der Waals surface area contributed by atoms with E-state index in [1.807, 2.05) is 6.07 Å². The van der Waals surface area contributed by atoms with E-state index in [1.165, 1.54) is 11.3 Å². The van der Waals surface area contributed by atoms with Crippen LogP contribution in [0.2, 0.25) is 0 Å². The van der Waals surface area contributed by atoms with Gasteiger partial charge in [0.1, 0.15) is 10.9 Å². The lowest BCUT2D eigenvalue weighted by atomic mass is 10.3. The van der Waals surface area contributed by atoms with E-state index >= 15 is 0 Å². The van der Waals surface area contributed by atoms with Crippen molar-refractivity contribution in [3.63, 3.8) is 0 Å². The first-order chi connectivity index (χ1) is 6.31. The maximum absolute atomic E-state index is 8.70. The first-order valence-electron chi connectivity index (χ1n) is 3.49. The van der Waals surface area contributed by atoms with E-state index in [0.29, 0.717) is 10.6 Å². The molecule has 2 heterocycles. The maximum atomic E-state index is 8.70. The Morgan fingerprint density at radius 1 is 1.46 bits per heavy atom. The second-order valence-electron chi connectivity index (χ2n) is 2.37. The van der Waals surface area contributed by atoms with Crippen LogP contribution in [0.15, 0.2) is 17.8 Å². The molecular formula is C8H5N3S2. The molecule has 5 heteroatoms. The lowest BCUT2D eigenvalue weighted by Crippen LogP contribution is -1.81. The predicted molar refractivity (Wildman–Crippen MR) is 54.6 cm³/mol. The highest BCUT2D eigenvalue weighted by atomic mass is 32.1. The molecule has 0 aromatic carbocycles. The molecule has 0 unspecified atom stereocenters. The fourth-order valence-corrected chi connectivity index (χ4v) is 2.53. The van der Waals surface area contributed by atoms with Crippen molar-refractivity contribution in [2.45, 2.75) is 0 Å². The second kappa shape index (κ2) is 3.17. The third-order valence-electron chi connectivity index (χ3n) is 1.54. The normalized spacial score (nSPS) is 9.77. The van der Waals surface area contributed by atoms with E-state index < -0.39 is 0 Å². The molecule has 0 saturated heterocycles. The first kappa shape index (κ1) is 8.23. The van der Waals surface area contributed by atoms with Crippen molar-refractivity contribution in [3.8, 4) is 15.8 Å². The van der Waals surface area contributed by atoms with Crippen molar-refractivity contribution >= 4 is 28.4 Å². The summed E-state index contributed by atoms with van der Waals surface area (Å²) in [6.07, 6.45) is 1.77. The van der Waals surface area contributed by atoms with Crippen LogP contribution in [0, 0.1) is 11.3 Å². The molecule has 2 aromatic rings. The summed E-state index contributed by atoms with van der Waals surface area (Å²) in [5, 5.41) is 8.70. The van der Waals surface area contributed by atoms with Crippen LogP contribution in [-0.2, 0) is 0 Å². The number of nitrogens with two attached hydrogens (primary N) is 1. The van der Waals surface area contributed by atoms with Crippen molar-refractivity contribution in [2.24, 2.45) is 0 Å². The molecule has 0 atom stereocenters. The molecule has 0 radical (unpaired) electrons. The highest BCUT2D eigenvalue weighted by Gasteiger charge is 2.07. The molecule has 0 aliphatic heterocycles. The molecule has 0 saturated carbocycles. The van der Waals surface area contributed by atoms with Gasteiger partial charge in [0.05, 0.1) is 16.1 Å². The molecule has 0 aliphatic rings. The number of nitrogens with zero attached hydrogens (tertiary/aromatic N) is 2. The van der Waals surface area contributed by atoms with Gasteiger partial charge < -0.3 is 5.73 Å². The average molecular weight is 207 g/mol. The van der Waals surface area contributed by atoms with Gasteiger partial charge in [-0.05, 0) is 6.07 Å². The Labute approximate surface area is 83.1 Å². The SMILES string of the molecule is N#Cc1sc(-c2cncs2)cc1N. The Morgan fingerprint density at radius 2 is 2.31 bits per heavy atom. The summed E-state index contributed by atoms with van der Waals surface area (Å²) in [6, 6.07) is 3.87. The van der Waals surface area contributed by atoms with E-state index in [0.717, 1.165) is 9.75 Å². The Morgan fingerprint density at radius 3 is 2.85 bits per heavy atom. The first-order valence-corrected chi connectivity index (χ1v) is 5.19. The highest BCUT2D eigenvalue weighted by Crippen LogP contribution is 2.34. The molecule has 3 nitrogen and oxygen atoms in total. The van der Waals surface area contributed by atoms with Crippen LogP contribution in [-0.4, -0.2) is 4.98 Å². The van der Waals surface area contributed by atoms with Gasteiger partial charge in [0.25, 0.3) is 0 Å². The summed E-state index contributed by atoms with van der Waals surface area (Å²) in [4.78, 5) is 6.60. The Bertz CT molecular complexity index is 450. The third kappa shape index (κ3) is 1.41. The molecule has 64 valence electrons. The van der Waals surface area contributed by atoms with Crippen molar-refractivity contribution < 1.29 is 0 Å². The van der Waals surface area contributed by atoms with Gasteiger partial charge in [-0.3, -0.25) is 4.98 Å². The topological polar surface area (TPSA) is 62.7 Å². The summed E-state index contributed by atoms with van der Waals surface area (Å²) < 4.78 is 0. The minimum Gasteiger partial charge on any atom is -0.397 e. The van der Waals surface area contributed by atoms with Gasteiger partial charge in [-0.25, -0.2) is 0 Å². The molecule has 0 fully saturated rings. The zero-order valence-corrected chi connectivity index (χ0v) is 8.15. The van der Waals surface area contributed by atoms with E-state index in [4.69, 9.17) is 11.0 Å². The number of rotatable bonds is 1. The predicted octanol–water partition coefficient (Wildman–Crippen LogP) is 2.33. The highest BCUT2D eigenvalue weighted by molar-refractivity contribution is 7.21. The fraction of sp³-hybridized carbons (Fsp3) is 0. The number of nitrogen functional groups attached to an aromatic ring is 1. The van der Waals surface area contributed by atoms with E-state index in [1.54, 1.807) is 23.0 Å². The summed E-state index contributed by atoms with van der Waals surface area (Å²) in [6.45, 7) is 0. The van der Waals surface area contributed by atoms with Crippen LogP contribution < -0.4 is 5.73 Å². The molecule has 0 spiro atoms. The Kier molecular flexibility index (Phi) is 2.00. The Hall–Kier alpha value is -1.38. The van der Waals surface area contributed by atoms with Crippen molar-refractivity contribution in [2.75, 3.05) is 5.73 Å². The van der Waals surface area contributed by atoms with Crippen LogP contribution in [0.3, 0.4) is 0 Å². The zero-order valence-electron chi connectivity index (χ0n) is 6.52. The third-order valence-corrected chi connectivity index (χ3v) is 3.56. The number of hydrogen-bond acceptors (Lipinski definition) is 5. The summed E-state index contributed by atoms with van der Waals surface area (Å²) in [5.74, 6) is 0. The van der Waals surface area contributed by atoms with Crippen molar-refractivity contribution in [1.29, 1.82) is 5.26 Å². The molecule has 2 N–H and O–H groups in total. The number of anilines is 1. The molecule has 0 aliphatic carbocycles. The lowest BCUT2D eigenvalue weighted by molar-refractivity contribution is 1.43. The van der Waals surface area contributed by atoms with Crippen LogP contribution in [0.5, 0.6) is 0 Å². The largest absolute Gasteiger partial charge is 0.397 e. The Balaban J connectivity index is 2.50. The van der Waals surface area contributed by atoms with E-state index in [9.17, 15) is 0 Å². The zero-order chi connectivity index (χ0) is 9.26. The second-order valence-corrected chi connectivity index (χ2v) is 4.31. The van der Waals surface area contributed by atoms with Gasteiger partial charge in [0.15, 0.2) is 0 Å². The molecule has 0 amide bonds. The van der Waals surface area contributed by atoms with Gasteiger partial charge in [0.2, 0.25) is 0 Å². The van der Waals surface area contributed by atoms with Crippen molar-refractivity contribution in [3.05, 3.63) is 22.7 Å². The number of hydrogen-bond donors (Lipinski definition) is 1. The van der Waals surface area contributed by atoms with E-state index in [2.05, 4.69) is 11.1 Å². The standard InChI is InChI=1S/C8H5N3S2/c9-2-7-5(10)1-6(13-7)8-3-11-4-12-8/h1,3-4H,10H2. The number of aromatic nitrogens is 1. The number of thiazole rings is 1. The number of thiophene rings is 1. The molecule has 2 rings (SSSR count). The van der Waals surface area contributed by atoms with Crippen molar-refractivity contribution in [1.82, 2.24) is 4.98 Å². The quantitative estimate of drug-likeness (QED) is 0.780. The minimum atomic E-state index is 0.552. The smallest absolute Gasteiger partial charge is 0.128 e. The van der Waals surface area contributed by atoms with Crippen LogP contribution in [0.4, 0.5) is 5.69 Å². The van der Waals surface area contributed by atoms with Crippen LogP contribution in [0.1, 0.15) is 4.88 Å². The lowest BCUT2D eigenvalue weighted by Gasteiger charge is -1.84. The molecule has 2 aromatic heterocycles. The average Bonchev–Trinajstić information content (AvgIpc) is 2.71. The monoisotopic (exact) mass is 207 g/mol.